The summed E-state index contributed by atoms with van der Waals surface area (Å²) < 4.78 is 0. The summed E-state index contributed by atoms with van der Waals surface area (Å²) in [5.74, 6) is 0.879. The van der Waals surface area contributed by atoms with Crippen molar-refractivity contribution in [3.63, 3.8) is 0 Å². The number of nitrogens with two attached hydrogens (primary N) is 1. The van der Waals surface area contributed by atoms with Crippen LogP contribution in [0.5, 0.6) is 0 Å². The van der Waals surface area contributed by atoms with Gasteiger partial charge in [0.2, 0.25) is 0 Å². The standard InChI is InChI=1S/C15H22N2/c1-11(16)12-4-3-5-13(8-12)15-6-7-17(2)10-14(15)9-15/h3-5,8,11,14H,6-7,9-10,16H2,1-2H3. The van der Waals surface area contributed by atoms with E-state index in [9.17, 15) is 0 Å². The number of rotatable bonds is 2. The Morgan fingerprint density at radius 2 is 2.29 bits per heavy atom. The van der Waals surface area contributed by atoms with Gasteiger partial charge in [0.1, 0.15) is 0 Å². The first-order valence-electron chi connectivity index (χ1n) is 6.66. The van der Waals surface area contributed by atoms with E-state index in [4.69, 9.17) is 5.73 Å². The molecule has 2 fully saturated rings. The summed E-state index contributed by atoms with van der Waals surface area (Å²) in [5, 5.41) is 0. The maximum absolute atomic E-state index is 5.98. The minimum Gasteiger partial charge on any atom is -0.324 e. The third-order valence-electron chi connectivity index (χ3n) is 4.69. The summed E-state index contributed by atoms with van der Waals surface area (Å²) in [4.78, 5) is 2.46. The lowest BCUT2D eigenvalue weighted by atomic mass is 9.86. The molecule has 1 aliphatic heterocycles. The summed E-state index contributed by atoms with van der Waals surface area (Å²) in [7, 11) is 2.24. The quantitative estimate of drug-likeness (QED) is 0.844. The highest BCUT2D eigenvalue weighted by Gasteiger charge is 2.56. The number of nitrogens with zero attached hydrogens (tertiary/aromatic N) is 1. The van der Waals surface area contributed by atoms with E-state index in [0.717, 1.165) is 5.92 Å². The highest BCUT2D eigenvalue weighted by molar-refractivity contribution is 5.38. The van der Waals surface area contributed by atoms with Crippen LogP contribution in [0, 0.1) is 5.92 Å². The van der Waals surface area contributed by atoms with Crippen molar-refractivity contribution in [3.8, 4) is 0 Å². The molecule has 2 N–H and O–H groups in total. The molecule has 0 amide bonds. The van der Waals surface area contributed by atoms with Crippen LogP contribution in [0.3, 0.4) is 0 Å². The molecule has 3 atom stereocenters. The molecular weight excluding hydrogens is 208 g/mol. The Hall–Kier alpha value is -0.860. The molecule has 0 aromatic heterocycles. The number of likely N-dealkylation sites (tertiary alicyclic amines) is 1. The molecule has 1 saturated carbocycles. The van der Waals surface area contributed by atoms with Gasteiger partial charge in [-0.25, -0.2) is 0 Å². The molecule has 2 aliphatic rings. The second kappa shape index (κ2) is 3.82. The predicted molar refractivity (Wildman–Crippen MR) is 70.9 cm³/mol. The largest absolute Gasteiger partial charge is 0.324 e. The van der Waals surface area contributed by atoms with Crippen molar-refractivity contribution in [1.82, 2.24) is 4.90 Å². The fourth-order valence-electron chi connectivity index (χ4n) is 3.41. The molecule has 1 aromatic rings. The van der Waals surface area contributed by atoms with Gasteiger partial charge in [0.15, 0.2) is 0 Å². The van der Waals surface area contributed by atoms with Gasteiger partial charge in [-0.2, -0.15) is 0 Å². The third kappa shape index (κ3) is 1.80. The number of fused-ring (bicyclic) bond motifs is 1. The van der Waals surface area contributed by atoms with Crippen LogP contribution < -0.4 is 5.73 Å². The lowest BCUT2D eigenvalue weighted by molar-refractivity contribution is 0.248. The van der Waals surface area contributed by atoms with Crippen LogP contribution in [0.2, 0.25) is 0 Å². The van der Waals surface area contributed by atoms with Gasteiger partial charge in [-0.3, -0.25) is 0 Å². The van der Waals surface area contributed by atoms with Crippen LogP contribution in [0.25, 0.3) is 0 Å². The van der Waals surface area contributed by atoms with Gasteiger partial charge in [0.25, 0.3) is 0 Å². The van der Waals surface area contributed by atoms with Gasteiger partial charge in [0, 0.05) is 18.0 Å². The molecule has 3 unspecified atom stereocenters. The highest BCUT2D eigenvalue weighted by Crippen LogP contribution is 2.59. The zero-order valence-corrected chi connectivity index (χ0v) is 10.8. The fourth-order valence-corrected chi connectivity index (χ4v) is 3.41. The Morgan fingerprint density at radius 1 is 1.47 bits per heavy atom. The molecular formula is C15H22N2. The SMILES string of the molecule is CC(N)c1cccc(C23CCN(C)CC2C3)c1. The second-order valence-electron chi connectivity index (χ2n) is 5.98. The Morgan fingerprint density at radius 3 is 3.00 bits per heavy atom. The summed E-state index contributed by atoms with van der Waals surface area (Å²) in [5.41, 5.74) is 9.29. The Kier molecular flexibility index (Phi) is 2.53. The first-order chi connectivity index (χ1) is 8.12. The zero-order chi connectivity index (χ0) is 12.0. The molecule has 1 heterocycles. The Bertz CT molecular complexity index is 427. The molecule has 2 heteroatoms. The summed E-state index contributed by atoms with van der Waals surface area (Å²) >= 11 is 0. The molecule has 1 saturated heterocycles. The smallest absolute Gasteiger partial charge is 0.0266 e. The molecule has 3 rings (SSSR count). The van der Waals surface area contributed by atoms with Crippen LogP contribution >= 0.6 is 0 Å². The lowest BCUT2D eigenvalue weighted by Crippen LogP contribution is -2.33. The average molecular weight is 230 g/mol. The van der Waals surface area contributed by atoms with Crippen molar-refractivity contribution >= 4 is 0 Å². The zero-order valence-electron chi connectivity index (χ0n) is 10.8. The van der Waals surface area contributed by atoms with E-state index in [1.807, 2.05) is 0 Å². The highest BCUT2D eigenvalue weighted by atomic mass is 15.1. The van der Waals surface area contributed by atoms with Crippen molar-refractivity contribution in [3.05, 3.63) is 35.4 Å². The van der Waals surface area contributed by atoms with Crippen LogP contribution in [0.1, 0.15) is 36.9 Å². The minimum atomic E-state index is 0.148. The molecule has 17 heavy (non-hydrogen) atoms. The summed E-state index contributed by atoms with van der Waals surface area (Å²) in [6.07, 6.45) is 2.69. The number of hydrogen-bond donors (Lipinski definition) is 1. The predicted octanol–water partition coefficient (Wildman–Crippen LogP) is 2.30. The Balaban J connectivity index is 1.88. The number of benzene rings is 1. The van der Waals surface area contributed by atoms with E-state index in [2.05, 4.69) is 43.1 Å². The van der Waals surface area contributed by atoms with Gasteiger partial charge in [0.05, 0.1) is 0 Å². The topological polar surface area (TPSA) is 29.3 Å². The molecule has 2 nitrogen and oxygen atoms in total. The summed E-state index contributed by atoms with van der Waals surface area (Å²) in [6, 6.07) is 9.12. The van der Waals surface area contributed by atoms with E-state index in [-0.39, 0.29) is 6.04 Å². The van der Waals surface area contributed by atoms with Crippen LogP contribution in [0.15, 0.2) is 24.3 Å². The maximum Gasteiger partial charge on any atom is 0.0266 e. The molecule has 0 bridgehead atoms. The average Bonchev–Trinajstić information content (AvgIpc) is 3.04. The molecule has 1 aliphatic carbocycles. The molecule has 92 valence electrons. The van der Waals surface area contributed by atoms with Gasteiger partial charge in [-0.1, -0.05) is 24.3 Å². The first kappa shape index (κ1) is 11.2. The maximum atomic E-state index is 5.98. The van der Waals surface area contributed by atoms with E-state index >= 15 is 0 Å². The normalized spacial score (nSPS) is 34.2. The number of piperidine rings is 1. The van der Waals surface area contributed by atoms with Crippen molar-refractivity contribution in [1.29, 1.82) is 0 Å². The first-order valence-corrected chi connectivity index (χ1v) is 6.66. The van der Waals surface area contributed by atoms with Crippen LogP contribution in [-0.4, -0.2) is 25.0 Å². The van der Waals surface area contributed by atoms with Gasteiger partial charge in [-0.05, 0) is 50.4 Å². The van der Waals surface area contributed by atoms with Crippen molar-refractivity contribution < 1.29 is 0 Å². The van der Waals surface area contributed by atoms with Crippen LogP contribution in [0.4, 0.5) is 0 Å². The van der Waals surface area contributed by atoms with E-state index < -0.39 is 0 Å². The van der Waals surface area contributed by atoms with E-state index in [1.165, 1.54) is 37.1 Å². The summed E-state index contributed by atoms with van der Waals surface area (Å²) in [6.45, 7) is 4.57. The number of hydrogen-bond acceptors (Lipinski definition) is 2. The van der Waals surface area contributed by atoms with Crippen LogP contribution in [-0.2, 0) is 5.41 Å². The van der Waals surface area contributed by atoms with E-state index in [1.54, 1.807) is 0 Å². The van der Waals surface area contributed by atoms with Crippen molar-refractivity contribution in [2.24, 2.45) is 11.7 Å². The lowest BCUT2D eigenvalue weighted by Gasteiger charge is -2.29. The van der Waals surface area contributed by atoms with Crippen molar-refractivity contribution in [2.75, 3.05) is 20.1 Å². The van der Waals surface area contributed by atoms with Gasteiger partial charge >= 0.3 is 0 Å². The second-order valence-corrected chi connectivity index (χ2v) is 5.98. The molecule has 0 radical (unpaired) electrons. The van der Waals surface area contributed by atoms with Gasteiger partial charge < -0.3 is 10.6 Å². The minimum absolute atomic E-state index is 0.148. The molecule has 1 aromatic carbocycles. The van der Waals surface area contributed by atoms with Crippen molar-refractivity contribution in [2.45, 2.75) is 31.2 Å². The molecule has 0 spiro atoms. The Labute approximate surface area is 104 Å². The monoisotopic (exact) mass is 230 g/mol. The van der Waals surface area contributed by atoms with Gasteiger partial charge in [-0.15, -0.1) is 0 Å². The van der Waals surface area contributed by atoms with E-state index in [0.29, 0.717) is 5.41 Å². The third-order valence-corrected chi connectivity index (χ3v) is 4.69. The fraction of sp³-hybridized carbons (Fsp3) is 0.600.